The smallest absolute Gasteiger partial charge is 0.253 e. The fraction of sp³-hybridized carbons (Fsp3) is 0.273. The Kier molecular flexibility index (Phi) is 6.96. The monoisotopic (exact) mass is 474 g/mol. The summed E-state index contributed by atoms with van der Waals surface area (Å²) in [6, 6.07) is 12.5. The predicted octanol–water partition coefficient (Wildman–Crippen LogP) is 4.40. The first-order valence-electron chi connectivity index (χ1n) is 10.0. The lowest BCUT2D eigenvalue weighted by Gasteiger charge is -2.31. The van der Waals surface area contributed by atoms with Gasteiger partial charge in [-0.3, -0.25) is 9.59 Å². The van der Waals surface area contributed by atoms with E-state index in [4.69, 9.17) is 16.3 Å². The molecule has 1 saturated heterocycles. The molecule has 1 fully saturated rings. The van der Waals surface area contributed by atoms with E-state index in [9.17, 15) is 14.0 Å². The molecule has 7 nitrogen and oxygen atoms in total. The Balaban J connectivity index is 1.25. The molecule has 1 aromatic heterocycles. The van der Waals surface area contributed by atoms with E-state index in [1.165, 1.54) is 35.6 Å². The number of anilines is 1. The second kappa shape index (κ2) is 10.1. The molecule has 32 heavy (non-hydrogen) atoms. The molecule has 2 amide bonds. The van der Waals surface area contributed by atoms with E-state index in [1.54, 1.807) is 29.2 Å². The molecule has 166 valence electrons. The summed E-state index contributed by atoms with van der Waals surface area (Å²) in [6.07, 6.45) is 1.09. The van der Waals surface area contributed by atoms with Crippen molar-refractivity contribution in [2.75, 3.05) is 18.4 Å². The molecule has 2 aromatic carbocycles. The van der Waals surface area contributed by atoms with Gasteiger partial charge in [0, 0.05) is 29.6 Å². The zero-order valence-corrected chi connectivity index (χ0v) is 18.5. The van der Waals surface area contributed by atoms with Crippen molar-refractivity contribution in [1.82, 2.24) is 15.1 Å². The van der Waals surface area contributed by atoms with E-state index in [2.05, 4.69) is 15.5 Å². The van der Waals surface area contributed by atoms with E-state index >= 15 is 0 Å². The van der Waals surface area contributed by atoms with Gasteiger partial charge in [0.2, 0.25) is 11.0 Å². The van der Waals surface area contributed by atoms with Crippen molar-refractivity contribution < 1.29 is 18.7 Å². The Labute approximate surface area is 193 Å². The third kappa shape index (κ3) is 5.60. The van der Waals surface area contributed by atoms with Gasteiger partial charge in [0.1, 0.15) is 18.2 Å². The minimum atomic E-state index is -0.381. The summed E-state index contributed by atoms with van der Waals surface area (Å²) < 4.78 is 18.7. The van der Waals surface area contributed by atoms with Crippen molar-refractivity contribution in [3.05, 3.63) is 69.9 Å². The lowest BCUT2D eigenvalue weighted by Crippen LogP contribution is -2.41. The molecule has 10 heteroatoms. The highest BCUT2D eigenvalue weighted by Gasteiger charge is 2.28. The zero-order chi connectivity index (χ0) is 22.5. The average molecular weight is 475 g/mol. The van der Waals surface area contributed by atoms with Crippen molar-refractivity contribution >= 4 is 39.9 Å². The second-order valence-electron chi connectivity index (χ2n) is 7.31. The molecular weight excluding hydrogens is 455 g/mol. The van der Waals surface area contributed by atoms with Crippen LogP contribution in [-0.4, -0.2) is 40.0 Å². The lowest BCUT2D eigenvalue weighted by atomic mass is 9.95. The zero-order valence-electron chi connectivity index (χ0n) is 17.0. The molecule has 0 saturated carbocycles. The minimum absolute atomic E-state index is 0.139. The molecule has 1 N–H and O–H groups in total. The highest BCUT2D eigenvalue weighted by atomic mass is 35.5. The summed E-state index contributed by atoms with van der Waals surface area (Å²) >= 11 is 7.10. The van der Waals surface area contributed by atoms with Gasteiger partial charge in [0.15, 0.2) is 5.01 Å². The summed E-state index contributed by atoms with van der Waals surface area (Å²) in [6.45, 7) is 1.16. The molecule has 0 bridgehead atoms. The fourth-order valence-corrected chi connectivity index (χ4v) is 4.15. The topological polar surface area (TPSA) is 84.4 Å². The molecule has 2 heterocycles. The molecule has 3 aromatic rings. The van der Waals surface area contributed by atoms with Crippen LogP contribution in [0.1, 0.15) is 28.2 Å². The van der Waals surface area contributed by atoms with Crippen molar-refractivity contribution in [3.8, 4) is 5.75 Å². The van der Waals surface area contributed by atoms with Gasteiger partial charge >= 0.3 is 0 Å². The Bertz CT molecular complexity index is 1080. The Morgan fingerprint density at radius 3 is 2.47 bits per heavy atom. The molecule has 0 spiro atoms. The molecule has 1 aliphatic heterocycles. The number of carbonyl (C=O) groups excluding carboxylic acids is 2. The van der Waals surface area contributed by atoms with E-state index in [0.717, 1.165) is 0 Å². The van der Waals surface area contributed by atoms with E-state index in [0.29, 0.717) is 52.4 Å². The van der Waals surface area contributed by atoms with Gasteiger partial charge in [-0.05, 0) is 61.4 Å². The van der Waals surface area contributed by atoms with Crippen molar-refractivity contribution in [1.29, 1.82) is 0 Å². The third-order valence-corrected chi connectivity index (χ3v) is 6.18. The van der Waals surface area contributed by atoms with Crippen LogP contribution in [0.5, 0.6) is 5.75 Å². The molecule has 0 radical (unpaired) electrons. The Hall–Kier alpha value is -3.04. The number of rotatable bonds is 6. The number of halogens is 2. The van der Waals surface area contributed by atoms with Gasteiger partial charge in [-0.2, -0.15) is 0 Å². The fourth-order valence-electron chi connectivity index (χ4n) is 3.37. The number of hydrogen-bond acceptors (Lipinski definition) is 6. The number of piperidine rings is 1. The first kappa shape index (κ1) is 22.2. The maximum absolute atomic E-state index is 13.1. The van der Waals surface area contributed by atoms with E-state index in [1.807, 2.05) is 0 Å². The number of ether oxygens (including phenoxy) is 1. The van der Waals surface area contributed by atoms with Crippen molar-refractivity contribution in [2.24, 2.45) is 5.92 Å². The van der Waals surface area contributed by atoms with Crippen LogP contribution in [0.25, 0.3) is 0 Å². The summed E-state index contributed by atoms with van der Waals surface area (Å²) in [7, 11) is 0. The lowest BCUT2D eigenvalue weighted by molar-refractivity contribution is -0.121. The summed E-state index contributed by atoms with van der Waals surface area (Å²) in [5.74, 6) is -0.228. The van der Waals surface area contributed by atoms with Gasteiger partial charge in [-0.15, -0.1) is 10.2 Å². The van der Waals surface area contributed by atoms with Crippen LogP contribution in [-0.2, 0) is 11.4 Å². The molecule has 4 rings (SSSR count). The third-order valence-electron chi connectivity index (χ3n) is 5.12. The first-order chi connectivity index (χ1) is 15.5. The van der Waals surface area contributed by atoms with Gasteiger partial charge in [-0.25, -0.2) is 4.39 Å². The van der Waals surface area contributed by atoms with Gasteiger partial charge in [0.25, 0.3) is 5.91 Å². The summed E-state index contributed by atoms with van der Waals surface area (Å²) in [4.78, 5) is 26.8. The standard InChI is InChI=1S/C22H20ClFN4O3S/c23-16-3-7-18(8-4-16)31-13-19-26-27-22(32-19)25-20(29)14-9-11-28(12-10-14)21(30)15-1-5-17(24)6-2-15/h1-8,14H,9-13H2,(H,25,27,29). The number of hydrogen-bond donors (Lipinski definition) is 1. The highest BCUT2D eigenvalue weighted by Crippen LogP contribution is 2.23. The molecular formula is C22H20ClFN4O3S. The van der Waals surface area contributed by atoms with E-state index in [-0.39, 0.29) is 30.2 Å². The van der Waals surface area contributed by atoms with Crippen LogP contribution >= 0.6 is 22.9 Å². The van der Waals surface area contributed by atoms with Crippen molar-refractivity contribution in [2.45, 2.75) is 19.4 Å². The number of nitrogens with zero attached hydrogens (tertiary/aromatic N) is 3. The maximum atomic E-state index is 13.1. The Morgan fingerprint density at radius 2 is 1.78 bits per heavy atom. The number of benzene rings is 2. The quantitative estimate of drug-likeness (QED) is 0.572. The summed E-state index contributed by atoms with van der Waals surface area (Å²) in [5.41, 5.74) is 0.441. The number of carbonyl (C=O) groups is 2. The second-order valence-corrected chi connectivity index (χ2v) is 8.80. The maximum Gasteiger partial charge on any atom is 0.253 e. The average Bonchev–Trinajstić information content (AvgIpc) is 3.26. The van der Waals surface area contributed by atoms with Gasteiger partial charge < -0.3 is 15.0 Å². The van der Waals surface area contributed by atoms with Crippen molar-refractivity contribution in [3.63, 3.8) is 0 Å². The summed E-state index contributed by atoms with van der Waals surface area (Å²) in [5, 5.41) is 12.5. The molecule has 0 unspecified atom stereocenters. The van der Waals surface area contributed by atoms with Crippen LogP contribution in [0.15, 0.2) is 48.5 Å². The Morgan fingerprint density at radius 1 is 1.09 bits per heavy atom. The van der Waals surface area contributed by atoms with Crippen LogP contribution in [0.4, 0.5) is 9.52 Å². The van der Waals surface area contributed by atoms with Gasteiger partial charge in [0.05, 0.1) is 0 Å². The van der Waals surface area contributed by atoms with Crippen LogP contribution in [0.2, 0.25) is 5.02 Å². The van der Waals surface area contributed by atoms with Gasteiger partial charge in [-0.1, -0.05) is 22.9 Å². The normalized spacial score (nSPS) is 14.2. The van der Waals surface area contributed by atoms with Crippen LogP contribution < -0.4 is 10.1 Å². The number of aromatic nitrogens is 2. The first-order valence-corrected chi connectivity index (χ1v) is 11.2. The molecule has 1 aliphatic rings. The largest absolute Gasteiger partial charge is 0.486 e. The molecule has 0 aliphatic carbocycles. The molecule has 0 atom stereocenters. The number of nitrogens with one attached hydrogen (secondary N) is 1. The van der Waals surface area contributed by atoms with Crippen LogP contribution in [0, 0.1) is 11.7 Å². The SMILES string of the molecule is O=C(Nc1nnc(COc2ccc(Cl)cc2)s1)C1CCN(C(=O)c2ccc(F)cc2)CC1. The number of amides is 2. The van der Waals surface area contributed by atoms with E-state index < -0.39 is 0 Å². The highest BCUT2D eigenvalue weighted by molar-refractivity contribution is 7.15. The van der Waals surface area contributed by atoms with Crippen LogP contribution in [0.3, 0.4) is 0 Å². The predicted molar refractivity (Wildman–Crippen MR) is 119 cm³/mol. The minimum Gasteiger partial charge on any atom is -0.486 e. The number of likely N-dealkylation sites (tertiary alicyclic amines) is 1.